The second kappa shape index (κ2) is 9.97. The molecule has 5 aliphatic carbocycles. The van der Waals surface area contributed by atoms with Gasteiger partial charge in [0.25, 0.3) is 0 Å². The maximum Gasteiger partial charge on any atom is 0.232 e. The summed E-state index contributed by atoms with van der Waals surface area (Å²) >= 11 is 6.59. The molecule has 1 amide bonds. The summed E-state index contributed by atoms with van der Waals surface area (Å²) in [6.07, 6.45) is 12.0. The molecule has 0 radical (unpaired) electrons. The van der Waals surface area contributed by atoms with Gasteiger partial charge in [0.05, 0.1) is 5.41 Å². The Labute approximate surface area is 280 Å². The first kappa shape index (κ1) is 30.7. The van der Waals surface area contributed by atoms with E-state index in [0.717, 1.165) is 37.1 Å². The van der Waals surface area contributed by atoms with Crippen LogP contribution in [0.3, 0.4) is 0 Å². The zero-order valence-corrected chi connectivity index (χ0v) is 29.5. The molecule has 8 rings (SSSR count). The molecule has 5 aliphatic rings. The normalized spacial score (nSPS) is 40.6. The standard InChI is InChI=1S/C41H52ClN3O/c1-24(2)26-15-18-41(36(46)45-33-10-8-9-21-43-33)20-19-39(6)29(34(26)41)12-14-32-38(5)23-28-27-22-25(42)11-13-30(27)44-35(28)37(3,4)31(38)16-17-40(32,39)7/h8-11,13,21-22,26,29,31-32,34,44H,1,12,14-20,23H2,2-7H3,(H,43,45,46)/t26-,29?,31?,32?,34?,38-,39+,40+,41-/m0/s1. The lowest BCUT2D eigenvalue weighted by molar-refractivity contribution is -0.224. The van der Waals surface area contributed by atoms with Gasteiger partial charge in [0, 0.05) is 33.2 Å². The highest BCUT2D eigenvalue weighted by molar-refractivity contribution is 6.31. The predicted octanol–water partition coefficient (Wildman–Crippen LogP) is 10.5. The number of fused-ring (bicyclic) bond motifs is 10. The van der Waals surface area contributed by atoms with Crippen molar-refractivity contribution in [2.24, 2.45) is 51.2 Å². The fourth-order valence-electron chi connectivity index (χ4n) is 13.5. The van der Waals surface area contributed by atoms with Gasteiger partial charge in [-0.15, -0.1) is 0 Å². The number of halogens is 1. The maximum absolute atomic E-state index is 14.4. The lowest BCUT2D eigenvalue weighted by atomic mass is 9.32. The van der Waals surface area contributed by atoms with Gasteiger partial charge in [-0.25, -0.2) is 4.98 Å². The highest BCUT2D eigenvalue weighted by atomic mass is 35.5. The van der Waals surface area contributed by atoms with E-state index in [1.54, 1.807) is 6.20 Å². The number of carbonyl (C=O) groups is 1. The fraction of sp³-hybridized carbons (Fsp3) is 0.610. The molecular weight excluding hydrogens is 586 g/mol. The van der Waals surface area contributed by atoms with E-state index < -0.39 is 0 Å². The molecule has 46 heavy (non-hydrogen) atoms. The van der Waals surface area contributed by atoms with Crippen LogP contribution in [0, 0.1) is 51.2 Å². The number of carbonyl (C=O) groups excluding carboxylic acids is 1. The first-order valence-electron chi connectivity index (χ1n) is 17.9. The van der Waals surface area contributed by atoms with Crippen LogP contribution in [0.5, 0.6) is 0 Å². The Bertz CT molecular complexity index is 1740. The maximum atomic E-state index is 14.4. The molecule has 0 bridgehead atoms. The van der Waals surface area contributed by atoms with Crippen molar-refractivity contribution in [1.29, 1.82) is 0 Å². The summed E-state index contributed by atoms with van der Waals surface area (Å²) in [6.45, 7) is 19.8. The van der Waals surface area contributed by atoms with Gasteiger partial charge in [0.1, 0.15) is 5.82 Å². The highest BCUT2D eigenvalue weighted by Gasteiger charge is 2.72. The minimum atomic E-state index is -0.347. The van der Waals surface area contributed by atoms with E-state index in [-0.39, 0.29) is 33.0 Å². The quantitative estimate of drug-likeness (QED) is 0.281. The molecule has 3 aromatic rings. The number of pyridine rings is 1. The van der Waals surface area contributed by atoms with E-state index in [1.165, 1.54) is 53.4 Å². The van der Waals surface area contributed by atoms with Crippen LogP contribution in [0.15, 0.2) is 54.7 Å². The molecule has 2 N–H and O–H groups in total. The molecule has 0 saturated heterocycles. The number of benzene rings is 1. The molecule has 5 heteroatoms. The smallest absolute Gasteiger partial charge is 0.232 e. The molecule has 1 aromatic carbocycles. The van der Waals surface area contributed by atoms with E-state index in [0.29, 0.717) is 35.4 Å². The van der Waals surface area contributed by atoms with Gasteiger partial charge in [0.2, 0.25) is 5.91 Å². The molecule has 9 atom stereocenters. The first-order chi connectivity index (χ1) is 21.8. The number of allylic oxidation sites excluding steroid dienone is 1. The summed E-state index contributed by atoms with van der Waals surface area (Å²) in [6, 6.07) is 12.2. The van der Waals surface area contributed by atoms with E-state index in [2.05, 4.69) is 75.5 Å². The lowest BCUT2D eigenvalue weighted by Crippen LogP contribution is -2.67. The van der Waals surface area contributed by atoms with Gasteiger partial charge < -0.3 is 10.3 Å². The van der Waals surface area contributed by atoms with Crippen molar-refractivity contribution in [1.82, 2.24) is 9.97 Å². The number of amides is 1. The molecule has 0 aliphatic heterocycles. The minimum Gasteiger partial charge on any atom is -0.358 e. The summed E-state index contributed by atoms with van der Waals surface area (Å²) in [4.78, 5) is 22.8. The van der Waals surface area contributed by atoms with Crippen LogP contribution in [0.2, 0.25) is 5.02 Å². The van der Waals surface area contributed by atoms with Crippen molar-refractivity contribution in [3.05, 3.63) is 71.0 Å². The molecule has 2 aromatic heterocycles. The molecular formula is C41H52ClN3O. The summed E-state index contributed by atoms with van der Waals surface area (Å²) in [7, 11) is 0. The Balaban J connectivity index is 1.19. The predicted molar refractivity (Wildman–Crippen MR) is 189 cm³/mol. The van der Waals surface area contributed by atoms with Gasteiger partial charge in [-0.05, 0) is 146 Å². The van der Waals surface area contributed by atoms with Gasteiger partial charge in [-0.3, -0.25) is 4.79 Å². The second-order valence-corrected chi connectivity index (χ2v) is 18.0. The molecule has 2 heterocycles. The number of aromatic nitrogens is 2. The summed E-state index contributed by atoms with van der Waals surface area (Å²) in [5, 5.41) is 5.43. The fourth-order valence-corrected chi connectivity index (χ4v) is 13.7. The van der Waals surface area contributed by atoms with E-state index in [9.17, 15) is 4.79 Å². The van der Waals surface area contributed by atoms with Crippen LogP contribution in [0.25, 0.3) is 10.9 Å². The third kappa shape index (κ3) is 3.86. The Morgan fingerprint density at radius 2 is 1.76 bits per heavy atom. The number of anilines is 1. The Hall–Kier alpha value is -2.59. The van der Waals surface area contributed by atoms with E-state index >= 15 is 0 Å². The van der Waals surface area contributed by atoms with Crippen molar-refractivity contribution in [2.75, 3.05) is 5.32 Å². The second-order valence-electron chi connectivity index (χ2n) is 17.6. The summed E-state index contributed by atoms with van der Waals surface area (Å²) < 4.78 is 0. The van der Waals surface area contributed by atoms with Crippen LogP contribution in [-0.2, 0) is 16.6 Å². The van der Waals surface area contributed by atoms with Crippen molar-refractivity contribution in [2.45, 2.75) is 105 Å². The molecule has 244 valence electrons. The zero-order valence-electron chi connectivity index (χ0n) is 28.7. The van der Waals surface area contributed by atoms with E-state index in [1.807, 2.05) is 24.3 Å². The largest absolute Gasteiger partial charge is 0.358 e. The van der Waals surface area contributed by atoms with Crippen molar-refractivity contribution >= 4 is 34.2 Å². The van der Waals surface area contributed by atoms with Gasteiger partial charge in [0.15, 0.2) is 0 Å². The van der Waals surface area contributed by atoms with Crippen molar-refractivity contribution in [3.63, 3.8) is 0 Å². The number of aromatic amines is 1. The SMILES string of the molecule is C=C(C)[C@@H]1CC[C@]2(C(=O)Nc3ccccn3)CC[C@]3(C)C(CCC4[C@@]5(C)Cc6c([nH]c7ccc(Cl)cc67)C(C)(C)C5CC[C@]43C)C12. The zero-order chi connectivity index (χ0) is 32.4. The van der Waals surface area contributed by atoms with Crippen LogP contribution < -0.4 is 5.32 Å². The summed E-state index contributed by atoms with van der Waals surface area (Å²) in [5.74, 6) is 3.38. The Kier molecular flexibility index (Phi) is 6.66. The number of nitrogens with one attached hydrogen (secondary N) is 2. The lowest BCUT2D eigenvalue weighted by Gasteiger charge is -2.72. The number of H-pyrrole nitrogens is 1. The molecule has 4 fully saturated rings. The van der Waals surface area contributed by atoms with Crippen LogP contribution >= 0.6 is 11.6 Å². The third-order valence-corrected chi connectivity index (χ3v) is 15.9. The van der Waals surface area contributed by atoms with Gasteiger partial charge >= 0.3 is 0 Å². The number of nitrogens with zero attached hydrogens (tertiary/aromatic N) is 1. The first-order valence-corrected chi connectivity index (χ1v) is 18.3. The Morgan fingerprint density at radius 1 is 0.957 bits per heavy atom. The van der Waals surface area contributed by atoms with Crippen molar-refractivity contribution < 1.29 is 4.79 Å². The van der Waals surface area contributed by atoms with Crippen molar-refractivity contribution in [3.8, 4) is 0 Å². The van der Waals surface area contributed by atoms with Crippen LogP contribution in [0.1, 0.15) is 104 Å². The minimum absolute atomic E-state index is 0.0642. The average Bonchev–Trinajstić information content (AvgIpc) is 3.58. The monoisotopic (exact) mass is 637 g/mol. The molecule has 4 nitrogen and oxygen atoms in total. The van der Waals surface area contributed by atoms with Crippen LogP contribution in [-0.4, -0.2) is 15.9 Å². The van der Waals surface area contributed by atoms with Gasteiger partial charge in [-0.2, -0.15) is 0 Å². The third-order valence-electron chi connectivity index (χ3n) is 15.6. The molecule has 0 spiro atoms. The highest BCUT2D eigenvalue weighted by Crippen LogP contribution is 2.77. The number of hydrogen-bond donors (Lipinski definition) is 2. The summed E-state index contributed by atoms with van der Waals surface area (Å²) in [5.41, 5.74) is 5.74. The Morgan fingerprint density at radius 3 is 2.50 bits per heavy atom. The molecule has 4 unspecified atom stereocenters. The topological polar surface area (TPSA) is 57.8 Å². The number of hydrogen-bond acceptors (Lipinski definition) is 2. The molecule has 4 saturated carbocycles. The van der Waals surface area contributed by atoms with Gasteiger partial charge in [-0.1, -0.05) is 64.4 Å². The van der Waals surface area contributed by atoms with E-state index in [4.69, 9.17) is 11.6 Å². The van der Waals surface area contributed by atoms with Crippen LogP contribution in [0.4, 0.5) is 5.82 Å². The number of rotatable bonds is 3. The average molecular weight is 638 g/mol.